The minimum Gasteiger partial charge on any atom is -0.451 e. The van der Waals surface area contributed by atoms with Gasteiger partial charge in [0.25, 0.3) is 0 Å². The third-order valence-corrected chi connectivity index (χ3v) is 2.66. The molecule has 2 N–H and O–H groups in total. The van der Waals surface area contributed by atoms with Crippen molar-refractivity contribution in [2.45, 2.75) is 6.92 Å². The van der Waals surface area contributed by atoms with Crippen LogP contribution >= 0.6 is 11.6 Å². The van der Waals surface area contributed by atoms with Crippen LogP contribution in [-0.2, 0) is 0 Å². The van der Waals surface area contributed by atoms with Crippen molar-refractivity contribution in [1.82, 2.24) is 0 Å². The summed E-state index contributed by atoms with van der Waals surface area (Å²) in [4.78, 5) is 0. The van der Waals surface area contributed by atoms with Gasteiger partial charge in [0, 0.05) is 0 Å². The van der Waals surface area contributed by atoms with Crippen molar-refractivity contribution < 1.29 is 9.13 Å². The topological polar surface area (TPSA) is 35.2 Å². The minimum atomic E-state index is -0.410. The maximum Gasteiger partial charge on any atom is 0.169 e. The Morgan fingerprint density at radius 2 is 1.88 bits per heavy atom. The second-order valence-corrected chi connectivity index (χ2v) is 4.05. The molecule has 2 rings (SSSR count). The summed E-state index contributed by atoms with van der Waals surface area (Å²) in [5.74, 6) is -0.0183. The second-order valence-electron chi connectivity index (χ2n) is 3.65. The lowest BCUT2D eigenvalue weighted by Crippen LogP contribution is -1.95. The Morgan fingerprint density at radius 3 is 2.59 bits per heavy atom. The fraction of sp³-hybridized carbons (Fsp3) is 0.0769. The number of ether oxygens (including phenoxy) is 1. The number of anilines is 1. The molecule has 0 atom stereocenters. The van der Waals surface area contributed by atoms with Gasteiger partial charge in [0.2, 0.25) is 0 Å². The highest BCUT2D eigenvalue weighted by Crippen LogP contribution is 2.35. The fourth-order valence-corrected chi connectivity index (χ4v) is 1.66. The molecule has 0 bridgehead atoms. The number of hydrogen-bond donors (Lipinski definition) is 1. The molecule has 0 amide bonds. The molecule has 0 heterocycles. The van der Waals surface area contributed by atoms with Crippen LogP contribution in [0.4, 0.5) is 10.1 Å². The first kappa shape index (κ1) is 11.7. The highest BCUT2D eigenvalue weighted by atomic mass is 35.5. The number of benzene rings is 2. The zero-order valence-corrected chi connectivity index (χ0v) is 9.96. The van der Waals surface area contributed by atoms with E-state index in [9.17, 15) is 4.39 Å². The standard InChI is InChI=1S/C13H11ClFNO/c1-8-4-2-7-11(12(8)15)17-13-9(14)5-3-6-10(13)16/h2-7H,16H2,1H3. The minimum absolute atomic E-state index is 0.116. The van der Waals surface area contributed by atoms with Gasteiger partial charge in [0.05, 0.1) is 10.7 Å². The molecule has 0 aliphatic heterocycles. The smallest absolute Gasteiger partial charge is 0.169 e. The molecule has 0 aromatic heterocycles. The molecule has 0 saturated carbocycles. The first-order valence-electron chi connectivity index (χ1n) is 5.06. The number of para-hydroxylation sites is 1. The van der Waals surface area contributed by atoms with Crippen LogP contribution in [0.3, 0.4) is 0 Å². The lowest BCUT2D eigenvalue weighted by molar-refractivity contribution is 0.442. The monoisotopic (exact) mass is 251 g/mol. The Bertz CT molecular complexity index is 537. The van der Waals surface area contributed by atoms with Gasteiger partial charge in [-0.15, -0.1) is 0 Å². The predicted octanol–water partition coefficient (Wildman–Crippen LogP) is 4.16. The molecule has 88 valence electrons. The Morgan fingerprint density at radius 1 is 1.18 bits per heavy atom. The van der Waals surface area contributed by atoms with Crippen molar-refractivity contribution in [1.29, 1.82) is 0 Å². The summed E-state index contributed by atoms with van der Waals surface area (Å²) < 4.78 is 19.2. The maximum absolute atomic E-state index is 13.7. The summed E-state index contributed by atoms with van der Waals surface area (Å²) >= 11 is 5.94. The molecule has 0 saturated heterocycles. The van der Waals surface area contributed by atoms with Crippen LogP contribution < -0.4 is 10.5 Å². The normalized spacial score (nSPS) is 10.3. The molecule has 0 spiro atoms. The average molecular weight is 252 g/mol. The van der Waals surface area contributed by atoms with Gasteiger partial charge in [-0.2, -0.15) is 0 Å². The number of nitrogen functional groups attached to an aromatic ring is 1. The van der Waals surface area contributed by atoms with Gasteiger partial charge in [-0.05, 0) is 30.7 Å². The van der Waals surface area contributed by atoms with E-state index in [0.717, 1.165) is 0 Å². The van der Waals surface area contributed by atoms with E-state index in [1.165, 1.54) is 6.07 Å². The van der Waals surface area contributed by atoms with Crippen molar-refractivity contribution in [3.8, 4) is 11.5 Å². The maximum atomic E-state index is 13.7. The van der Waals surface area contributed by atoms with Crippen LogP contribution in [0.25, 0.3) is 0 Å². The SMILES string of the molecule is Cc1cccc(Oc2c(N)cccc2Cl)c1F. The van der Waals surface area contributed by atoms with Gasteiger partial charge in [-0.25, -0.2) is 4.39 Å². The first-order valence-corrected chi connectivity index (χ1v) is 5.44. The van der Waals surface area contributed by atoms with Gasteiger partial charge in [0.1, 0.15) is 0 Å². The molecule has 17 heavy (non-hydrogen) atoms. The van der Waals surface area contributed by atoms with Gasteiger partial charge in [0.15, 0.2) is 17.3 Å². The highest BCUT2D eigenvalue weighted by Gasteiger charge is 2.11. The van der Waals surface area contributed by atoms with E-state index >= 15 is 0 Å². The summed E-state index contributed by atoms with van der Waals surface area (Å²) in [6.07, 6.45) is 0. The third-order valence-electron chi connectivity index (χ3n) is 2.37. The Kier molecular flexibility index (Phi) is 3.20. The lowest BCUT2D eigenvalue weighted by Gasteiger charge is -2.11. The number of hydrogen-bond acceptors (Lipinski definition) is 2. The zero-order chi connectivity index (χ0) is 12.4. The van der Waals surface area contributed by atoms with Crippen molar-refractivity contribution >= 4 is 17.3 Å². The van der Waals surface area contributed by atoms with E-state index in [0.29, 0.717) is 16.3 Å². The van der Waals surface area contributed by atoms with Crippen LogP contribution in [-0.4, -0.2) is 0 Å². The van der Waals surface area contributed by atoms with Crippen LogP contribution in [0.15, 0.2) is 36.4 Å². The van der Waals surface area contributed by atoms with Crippen molar-refractivity contribution in [3.05, 3.63) is 52.8 Å². The second kappa shape index (κ2) is 4.63. The van der Waals surface area contributed by atoms with E-state index < -0.39 is 5.82 Å². The summed E-state index contributed by atoms with van der Waals surface area (Å²) in [5.41, 5.74) is 6.61. The molecule has 2 nitrogen and oxygen atoms in total. The molecular formula is C13H11ClFNO. The molecular weight excluding hydrogens is 241 g/mol. The summed E-state index contributed by atoms with van der Waals surface area (Å²) in [5, 5.41) is 0.353. The van der Waals surface area contributed by atoms with E-state index in [4.69, 9.17) is 22.1 Å². The van der Waals surface area contributed by atoms with Crippen LogP contribution in [0.5, 0.6) is 11.5 Å². The van der Waals surface area contributed by atoms with Gasteiger partial charge < -0.3 is 10.5 Å². The summed E-state index contributed by atoms with van der Waals surface area (Å²) in [6.45, 7) is 1.66. The van der Waals surface area contributed by atoms with Gasteiger partial charge >= 0.3 is 0 Å². The predicted molar refractivity (Wildman–Crippen MR) is 67.1 cm³/mol. The Balaban J connectivity index is 2.42. The molecule has 2 aromatic carbocycles. The molecule has 0 aliphatic carbocycles. The molecule has 0 aliphatic rings. The number of aryl methyl sites for hydroxylation is 1. The third kappa shape index (κ3) is 2.34. The van der Waals surface area contributed by atoms with Crippen LogP contribution in [0.2, 0.25) is 5.02 Å². The average Bonchev–Trinajstić information content (AvgIpc) is 2.29. The van der Waals surface area contributed by atoms with Gasteiger partial charge in [-0.1, -0.05) is 29.8 Å². The lowest BCUT2D eigenvalue weighted by atomic mass is 10.2. The quantitative estimate of drug-likeness (QED) is 0.814. The number of rotatable bonds is 2. The molecule has 4 heteroatoms. The molecule has 0 unspecified atom stereocenters. The van der Waals surface area contributed by atoms with Crippen LogP contribution in [0.1, 0.15) is 5.56 Å². The van der Waals surface area contributed by atoms with Crippen molar-refractivity contribution in [3.63, 3.8) is 0 Å². The van der Waals surface area contributed by atoms with Crippen molar-refractivity contribution in [2.24, 2.45) is 0 Å². The largest absolute Gasteiger partial charge is 0.451 e. The fourth-order valence-electron chi connectivity index (χ4n) is 1.44. The Labute approximate surface area is 104 Å². The zero-order valence-electron chi connectivity index (χ0n) is 9.21. The van der Waals surface area contributed by atoms with Crippen molar-refractivity contribution in [2.75, 3.05) is 5.73 Å². The molecule has 2 aromatic rings. The number of halogens is 2. The first-order chi connectivity index (χ1) is 8.09. The van der Waals surface area contributed by atoms with E-state index in [1.807, 2.05) is 0 Å². The summed E-state index contributed by atoms with van der Waals surface area (Å²) in [7, 11) is 0. The molecule has 0 radical (unpaired) electrons. The van der Waals surface area contributed by atoms with E-state index in [1.54, 1.807) is 37.3 Å². The van der Waals surface area contributed by atoms with E-state index in [-0.39, 0.29) is 11.5 Å². The van der Waals surface area contributed by atoms with Crippen LogP contribution in [0, 0.1) is 12.7 Å². The highest BCUT2D eigenvalue weighted by molar-refractivity contribution is 6.32. The summed E-state index contributed by atoms with van der Waals surface area (Å²) in [6, 6.07) is 9.90. The molecule has 0 fully saturated rings. The Hall–Kier alpha value is -1.74. The van der Waals surface area contributed by atoms with Gasteiger partial charge in [-0.3, -0.25) is 0 Å². The van der Waals surface area contributed by atoms with E-state index in [2.05, 4.69) is 0 Å². The number of nitrogens with two attached hydrogens (primary N) is 1.